The molecule has 39 heavy (non-hydrogen) atoms. The van der Waals surface area contributed by atoms with Crippen LogP contribution in [-0.4, -0.2) is 53.4 Å². The molecule has 0 heterocycles. The number of methoxy groups -OCH3 is 1. The molecule has 8 nitrogen and oxygen atoms in total. The largest absolute Gasteiger partial charge is 0.466 e. The molecule has 4 atom stereocenters. The summed E-state index contributed by atoms with van der Waals surface area (Å²) in [6.07, 6.45) is 15.8. The molecule has 0 radical (unpaired) electrons. The first-order valence-corrected chi connectivity index (χ1v) is 13.3. The maximum atomic E-state index is 12.7. The van der Waals surface area contributed by atoms with Gasteiger partial charge in [-0.1, -0.05) is 87.4 Å². The Hall–Kier alpha value is -2.94. The van der Waals surface area contributed by atoms with Gasteiger partial charge in [-0.3, -0.25) is 9.59 Å². The highest BCUT2D eigenvalue weighted by molar-refractivity contribution is 6.29. The third-order valence-corrected chi connectivity index (χ3v) is 5.68. The van der Waals surface area contributed by atoms with Gasteiger partial charge in [0, 0.05) is 23.1 Å². The quantitative estimate of drug-likeness (QED) is 0.131. The number of amides is 2. The Bertz CT molecular complexity index is 968. The van der Waals surface area contributed by atoms with Crippen molar-refractivity contribution < 1.29 is 29.3 Å². The Labute approximate surface area is 238 Å². The maximum absolute atomic E-state index is 12.7. The van der Waals surface area contributed by atoms with Gasteiger partial charge in [0.2, 0.25) is 11.8 Å². The van der Waals surface area contributed by atoms with Crippen molar-refractivity contribution in [1.29, 1.82) is 0 Å². The van der Waals surface area contributed by atoms with E-state index in [2.05, 4.69) is 15.4 Å². The van der Waals surface area contributed by atoms with Crippen molar-refractivity contribution in [3.63, 3.8) is 0 Å². The Balaban J connectivity index is 4.91. The number of halogens is 1. The molecule has 2 amide bonds. The van der Waals surface area contributed by atoms with E-state index in [0.29, 0.717) is 24.3 Å². The third kappa shape index (κ3) is 18.1. The van der Waals surface area contributed by atoms with E-state index in [-0.39, 0.29) is 11.8 Å². The summed E-state index contributed by atoms with van der Waals surface area (Å²) in [5.41, 5.74) is 0.350. The number of rotatable bonds is 15. The fourth-order valence-corrected chi connectivity index (χ4v) is 3.32. The molecular weight excluding hydrogens is 520 g/mol. The number of allylic oxidation sites excluding steroid dienone is 5. The summed E-state index contributed by atoms with van der Waals surface area (Å²) < 4.78 is 4.52. The van der Waals surface area contributed by atoms with E-state index >= 15 is 0 Å². The molecule has 0 aromatic heterocycles. The van der Waals surface area contributed by atoms with Gasteiger partial charge in [0.25, 0.3) is 0 Å². The van der Waals surface area contributed by atoms with Crippen LogP contribution in [-0.2, 0) is 19.1 Å². The van der Waals surface area contributed by atoms with Crippen LogP contribution in [0.1, 0.15) is 60.8 Å². The molecule has 0 spiro atoms. The van der Waals surface area contributed by atoms with E-state index in [4.69, 9.17) is 11.6 Å². The molecule has 0 saturated heterocycles. The molecule has 4 N–H and O–H groups in total. The molecule has 0 saturated carbocycles. The van der Waals surface area contributed by atoms with Crippen molar-refractivity contribution in [1.82, 2.24) is 10.6 Å². The predicted molar refractivity (Wildman–Crippen MR) is 156 cm³/mol. The fourth-order valence-electron chi connectivity index (χ4n) is 3.23. The van der Waals surface area contributed by atoms with Crippen LogP contribution in [0.2, 0.25) is 0 Å². The molecule has 0 aliphatic carbocycles. The smallest absolute Gasteiger partial charge is 0.330 e. The lowest BCUT2D eigenvalue weighted by Gasteiger charge is -2.29. The van der Waals surface area contributed by atoms with Gasteiger partial charge in [0.15, 0.2) is 0 Å². The summed E-state index contributed by atoms with van der Waals surface area (Å²) in [5, 5.41) is 26.2. The second kappa shape index (κ2) is 19.2. The van der Waals surface area contributed by atoms with Crippen LogP contribution < -0.4 is 10.6 Å². The molecule has 0 aromatic carbocycles. The Morgan fingerprint density at radius 3 is 2.21 bits per heavy atom. The summed E-state index contributed by atoms with van der Waals surface area (Å²) in [6, 6.07) is -0.785. The molecule has 0 rings (SSSR count). The second-order valence-electron chi connectivity index (χ2n) is 10.4. The van der Waals surface area contributed by atoms with Crippen LogP contribution in [0, 0.1) is 11.3 Å². The van der Waals surface area contributed by atoms with Crippen molar-refractivity contribution in [3.8, 4) is 0 Å². The minimum atomic E-state index is -0.785. The summed E-state index contributed by atoms with van der Waals surface area (Å²) in [5.74, 6) is -1.40. The number of esters is 1. The molecule has 4 unspecified atom stereocenters. The van der Waals surface area contributed by atoms with Crippen molar-refractivity contribution >= 4 is 29.4 Å². The van der Waals surface area contributed by atoms with Crippen LogP contribution >= 0.6 is 11.6 Å². The molecule has 0 aliphatic heterocycles. The van der Waals surface area contributed by atoms with Crippen molar-refractivity contribution in [2.24, 2.45) is 11.3 Å². The molecule has 0 bridgehead atoms. The van der Waals surface area contributed by atoms with Crippen LogP contribution in [0.25, 0.3) is 0 Å². The molecule has 0 aromatic rings. The number of aliphatic hydroxyl groups excluding tert-OH is 2. The Morgan fingerprint density at radius 2 is 1.62 bits per heavy atom. The van der Waals surface area contributed by atoms with Crippen LogP contribution in [0.5, 0.6) is 0 Å². The average molecular weight is 565 g/mol. The van der Waals surface area contributed by atoms with Crippen LogP contribution in [0.4, 0.5) is 0 Å². The zero-order valence-corrected chi connectivity index (χ0v) is 24.9. The van der Waals surface area contributed by atoms with Gasteiger partial charge in [0.1, 0.15) is 6.04 Å². The van der Waals surface area contributed by atoms with Crippen LogP contribution in [0.3, 0.4) is 0 Å². The van der Waals surface area contributed by atoms with Gasteiger partial charge in [-0.05, 0) is 44.7 Å². The first-order valence-electron chi connectivity index (χ1n) is 12.9. The summed E-state index contributed by atoms with van der Waals surface area (Å²) >= 11 is 5.76. The molecule has 0 aliphatic rings. The minimum Gasteiger partial charge on any atom is -0.466 e. The zero-order chi connectivity index (χ0) is 30.0. The molecule has 9 heteroatoms. The molecular formula is C30H45ClN2O6. The highest BCUT2D eigenvalue weighted by Crippen LogP contribution is 2.19. The monoisotopic (exact) mass is 564 g/mol. The third-order valence-electron chi connectivity index (χ3n) is 5.52. The van der Waals surface area contributed by atoms with Crippen molar-refractivity contribution in [3.05, 3.63) is 71.5 Å². The number of carbonyl (C=O) groups is 3. The number of nitrogens with one attached hydrogen (secondary N) is 2. The van der Waals surface area contributed by atoms with E-state index in [0.717, 1.165) is 5.57 Å². The first-order chi connectivity index (χ1) is 18.2. The van der Waals surface area contributed by atoms with E-state index in [9.17, 15) is 24.6 Å². The lowest BCUT2D eigenvalue weighted by atomic mass is 9.86. The van der Waals surface area contributed by atoms with Gasteiger partial charge in [-0.2, -0.15) is 0 Å². The van der Waals surface area contributed by atoms with Gasteiger partial charge in [-0.15, -0.1) is 0 Å². The Kier molecular flexibility index (Phi) is 17.7. The summed E-state index contributed by atoms with van der Waals surface area (Å²) in [6.45, 7) is 11.0. The number of carbonyl (C=O) groups excluding carboxylic acids is 3. The molecule has 218 valence electrons. The molecule has 0 fully saturated rings. The highest BCUT2D eigenvalue weighted by atomic mass is 35.5. The van der Waals surface area contributed by atoms with Crippen molar-refractivity contribution in [2.75, 3.05) is 7.11 Å². The van der Waals surface area contributed by atoms with E-state index in [1.165, 1.54) is 25.5 Å². The lowest BCUT2D eigenvalue weighted by molar-refractivity contribution is -0.134. The van der Waals surface area contributed by atoms with Crippen molar-refractivity contribution in [2.45, 2.75) is 79.1 Å². The normalized spacial score (nSPS) is 16.6. The lowest BCUT2D eigenvalue weighted by Crippen LogP contribution is -2.52. The fraction of sp³-hybridized carbons (Fsp3) is 0.500. The van der Waals surface area contributed by atoms with E-state index < -0.39 is 35.5 Å². The van der Waals surface area contributed by atoms with Crippen LogP contribution in [0.15, 0.2) is 71.5 Å². The summed E-state index contributed by atoms with van der Waals surface area (Å²) in [7, 11) is 1.29. The Morgan fingerprint density at radius 1 is 0.974 bits per heavy atom. The second-order valence-corrected chi connectivity index (χ2v) is 10.9. The average Bonchev–Trinajstić information content (AvgIpc) is 2.85. The number of ether oxygens (including phenoxy) is 1. The first kappa shape index (κ1) is 36.1. The SMILES string of the molecule is COC(=O)C=CCC(O)C(C)C=C(C)C=CC=CC(=O)NC(C(=O)NC=CCC(O)CC=C(C)Cl)C(C)(C)C. The van der Waals surface area contributed by atoms with E-state index in [1.54, 1.807) is 43.4 Å². The van der Waals surface area contributed by atoms with Gasteiger partial charge < -0.3 is 25.6 Å². The maximum Gasteiger partial charge on any atom is 0.330 e. The predicted octanol–water partition coefficient (Wildman–Crippen LogP) is 4.61. The topological polar surface area (TPSA) is 125 Å². The van der Waals surface area contributed by atoms with Gasteiger partial charge in [-0.25, -0.2) is 4.79 Å². The van der Waals surface area contributed by atoms with Gasteiger partial charge in [0.05, 0.1) is 19.3 Å². The number of aliphatic hydroxyl groups is 2. The van der Waals surface area contributed by atoms with Gasteiger partial charge >= 0.3 is 5.97 Å². The van der Waals surface area contributed by atoms with E-state index in [1.807, 2.05) is 40.7 Å². The zero-order valence-electron chi connectivity index (χ0n) is 24.1. The number of hydrogen-bond donors (Lipinski definition) is 4. The standard InChI is InChI=1S/C30H45ClN2O6/c1-21(20-22(2)25(35)14-10-16-27(37)39-7)12-8-9-15-26(36)33-28(30(4,5)6)29(38)32-19-11-13-24(34)18-17-23(3)31/h8-12,15-17,19-20,22,24-25,28,34-35H,13-14,18H2,1-7H3,(H,32,38)(H,33,36). The summed E-state index contributed by atoms with van der Waals surface area (Å²) in [4.78, 5) is 36.3. The number of hydrogen-bond acceptors (Lipinski definition) is 6. The highest BCUT2D eigenvalue weighted by Gasteiger charge is 2.31. The minimum absolute atomic E-state index is 0.153.